The highest BCUT2D eigenvalue weighted by Crippen LogP contribution is 2.38. The number of rotatable bonds is 5. The van der Waals surface area contributed by atoms with Gasteiger partial charge >= 0.3 is 13.2 Å². The number of likely N-dealkylation sites (tertiary alicyclic amines) is 1. The zero-order valence-electron chi connectivity index (χ0n) is 23.2. The lowest BCUT2D eigenvalue weighted by Gasteiger charge is -2.32. The number of carbonyl (C=O) groups is 2. The van der Waals surface area contributed by atoms with Gasteiger partial charge in [0.2, 0.25) is 5.91 Å². The van der Waals surface area contributed by atoms with E-state index in [4.69, 9.17) is 14.3 Å². The third kappa shape index (κ3) is 4.43. The van der Waals surface area contributed by atoms with E-state index in [9.17, 15) is 14.7 Å². The van der Waals surface area contributed by atoms with Crippen LogP contribution in [0.25, 0.3) is 21.8 Å². The third-order valence-electron chi connectivity index (χ3n) is 8.49. The summed E-state index contributed by atoms with van der Waals surface area (Å²) in [6.45, 7) is 13.9. The summed E-state index contributed by atoms with van der Waals surface area (Å²) in [7, 11) is -0.440. The lowest BCUT2D eigenvalue weighted by Crippen LogP contribution is -2.52. The van der Waals surface area contributed by atoms with Crippen LogP contribution < -0.4 is 10.8 Å². The lowest BCUT2D eigenvalue weighted by molar-refractivity contribution is -0.137. The first-order chi connectivity index (χ1) is 17.8. The third-order valence-corrected chi connectivity index (χ3v) is 8.49. The molecule has 3 aromatic rings. The number of nitrogens with zero attached hydrogens (tertiary/aromatic N) is 2. The van der Waals surface area contributed by atoms with E-state index in [1.165, 1.54) is 0 Å². The van der Waals surface area contributed by atoms with Crippen molar-refractivity contribution in [1.29, 1.82) is 0 Å². The summed E-state index contributed by atoms with van der Waals surface area (Å²) < 4.78 is 12.5. The molecule has 0 aliphatic carbocycles. The summed E-state index contributed by atoms with van der Waals surface area (Å²) in [5.41, 5.74) is 1.87. The molecule has 2 fully saturated rings. The van der Waals surface area contributed by atoms with Crippen LogP contribution >= 0.6 is 0 Å². The normalized spacial score (nSPS) is 23.5. The number of carbonyl (C=O) groups excluding carboxylic acids is 1. The number of hydrogen-bond donors (Lipinski definition) is 3. The number of carboxylic acid groups (broad SMARTS) is 1. The Kier molecular flexibility index (Phi) is 6.47. The SMILES string of the molecule is CC(C)[C@H](NC(=O)O)C(=O)N1[C@@H](C)CC[C@H]1c1nc2ccc3cc(B4OC(C)(C)C(C)(C)O4)ccc3c2[nH]1. The van der Waals surface area contributed by atoms with Crippen LogP contribution in [0, 0.1) is 5.92 Å². The maximum absolute atomic E-state index is 13.5. The van der Waals surface area contributed by atoms with Gasteiger partial charge in [0.25, 0.3) is 0 Å². The zero-order chi connectivity index (χ0) is 27.6. The fourth-order valence-electron chi connectivity index (χ4n) is 5.56. The number of benzene rings is 2. The smallest absolute Gasteiger partial charge is 0.465 e. The Morgan fingerprint density at radius 2 is 1.82 bits per heavy atom. The minimum atomic E-state index is -1.20. The monoisotopic (exact) mass is 520 g/mol. The maximum atomic E-state index is 13.5. The fourth-order valence-corrected chi connectivity index (χ4v) is 5.56. The molecule has 0 radical (unpaired) electrons. The first-order valence-electron chi connectivity index (χ1n) is 13.4. The minimum absolute atomic E-state index is 0.0169. The highest BCUT2D eigenvalue weighted by atomic mass is 16.7. The molecule has 0 bridgehead atoms. The van der Waals surface area contributed by atoms with E-state index in [1.54, 1.807) is 4.90 Å². The van der Waals surface area contributed by atoms with Crippen LogP contribution in [0.15, 0.2) is 30.3 Å². The highest BCUT2D eigenvalue weighted by Gasteiger charge is 2.51. The van der Waals surface area contributed by atoms with E-state index in [1.807, 2.05) is 66.7 Å². The molecule has 0 saturated carbocycles. The van der Waals surface area contributed by atoms with Gasteiger partial charge in [-0.3, -0.25) is 4.79 Å². The van der Waals surface area contributed by atoms with Gasteiger partial charge in [0.05, 0.1) is 28.3 Å². The second kappa shape index (κ2) is 9.27. The largest absolute Gasteiger partial charge is 0.494 e. The van der Waals surface area contributed by atoms with Crippen LogP contribution in [0.5, 0.6) is 0 Å². The van der Waals surface area contributed by atoms with Gasteiger partial charge in [-0.1, -0.05) is 38.1 Å². The summed E-state index contributed by atoms with van der Waals surface area (Å²) in [5, 5.41) is 13.8. The number of amides is 2. The maximum Gasteiger partial charge on any atom is 0.494 e. The van der Waals surface area contributed by atoms with Gasteiger partial charge in [0, 0.05) is 11.4 Å². The predicted octanol–water partition coefficient (Wildman–Crippen LogP) is 4.36. The van der Waals surface area contributed by atoms with Crippen molar-refractivity contribution >= 4 is 46.4 Å². The molecule has 38 heavy (non-hydrogen) atoms. The van der Waals surface area contributed by atoms with E-state index in [2.05, 4.69) is 22.4 Å². The van der Waals surface area contributed by atoms with Crippen molar-refractivity contribution in [2.75, 3.05) is 0 Å². The van der Waals surface area contributed by atoms with Crippen LogP contribution in [0.2, 0.25) is 0 Å². The first-order valence-corrected chi connectivity index (χ1v) is 13.4. The Balaban J connectivity index is 1.47. The Hall–Kier alpha value is -3.11. The first kappa shape index (κ1) is 26.5. The van der Waals surface area contributed by atoms with Crippen molar-refractivity contribution in [3.63, 3.8) is 0 Å². The van der Waals surface area contributed by atoms with Crippen molar-refractivity contribution in [3.05, 3.63) is 36.2 Å². The average molecular weight is 520 g/mol. The van der Waals surface area contributed by atoms with Gasteiger partial charge in [-0.2, -0.15) is 0 Å². The molecule has 0 unspecified atom stereocenters. The average Bonchev–Trinajstić information content (AvgIpc) is 3.49. The molecule has 2 saturated heterocycles. The number of imidazole rings is 1. The van der Waals surface area contributed by atoms with Crippen molar-refractivity contribution < 1.29 is 24.0 Å². The van der Waals surface area contributed by atoms with E-state index in [0.717, 1.165) is 45.9 Å². The molecule has 202 valence electrons. The topological polar surface area (TPSA) is 117 Å². The van der Waals surface area contributed by atoms with Gasteiger partial charge in [-0.15, -0.1) is 0 Å². The quantitative estimate of drug-likeness (QED) is 0.431. The van der Waals surface area contributed by atoms with Gasteiger partial charge in [-0.05, 0) is 70.3 Å². The van der Waals surface area contributed by atoms with Crippen molar-refractivity contribution in [1.82, 2.24) is 20.2 Å². The van der Waals surface area contributed by atoms with Crippen LogP contribution in [0.4, 0.5) is 4.79 Å². The Bertz CT molecular complexity index is 1380. The minimum Gasteiger partial charge on any atom is -0.465 e. The molecule has 10 heteroatoms. The zero-order valence-corrected chi connectivity index (χ0v) is 23.2. The molecule has 3 atom stereocenters. The van der Waals surface area contributed by atoms with Gasteiger partial charge in [-0.25, -0.2) is 9.78 Å². The van der Waals surface area contributed by atoms with E-state index >= 15 is 0 Å². The van der Waals surface area contributed by atoms with Crippen molar-refractivity contribution in [2.45, 2.75) is 90.6 Å². The second-order valence-electron chi connectivity index (χ2n) is 12.0. The molecule has 2 amide bonds. The Morgan fingerprint density at radius 3 is 2.45 bits per heavy atom. The van der Waals surface area contributed by atoms with Gasteiger partial charge in [0.15, 0.2) is 0 Å². The summed E-state index contributed by atoms with van der Waals surface area (Å²) in [5.74, 6) is 0.331. The molecule has 3 heterocycles. The number of aromatic nitrogens is 2. The Morgan fingerprint density at radius 1 is 1.13 bits per heavy atom. The lowest BCUT2D eigenvalue weighted by atomic mass is 9.78. The number of H-pyrrole nitrogens is 1. The molecule has 2 aliphatic heterocycles. The fraction of sp³-hybridized carbons (Fsp3) is 0.536. The van der Waals surface area contributed by atoms with Gasteiger partial charge in [0.1, 0.15) is 11.9 Å². The van der Waals surface area contributed by atoms with E-state index in [-0.39, 0.29) is 23.9 Å². The van der Waals surface area contributed by atoms with Crippen LogP contribution in [-0.4, -0.2) is 62.4 Å². The summed E-state index contributed by atoms with van der Waals surface area (Å²) in [6, 6.07) is 9.14. The van der Waals surface area contributed by atoms with E-state index < -0.39 is 30.5 Å². The van der Waals surface area contributed by atoms with E-state index in [0.29, 0.717) is 0 Å². The molecule has 0 spiro atoms. The summed E-state index contributed by atoms with van der Waals surface area (Å²) in [6.07, 6.45) is 0.383. The molecular weight excluding hydrogens is 483 g/mol. The molecule has 1 aromatic heterocycles. The van der Waals surface area contributed by atoms with Crippen LogP contribution in [0.3, 0.4) is 0 Å². The highest BCUT2D eigenvalue weighted by molar-refractivity contribution is 6.62. The molecule has 2 aliphatic rings. The molecule has 2 aromatic carbocycles. The second-order valence-corrected chi connectivity index (χ2v) is 12.0. The molecule has 3 N–H and O–H groups in total. The number of nitrogens with one attached hydrogen (secondary N) is 2. The van der Waals surface area contributed by atoms with Gasteiger partial charge < -0.3 is 29.6 Å². The summed E-state index contributed by atoms with van der Waals surface area (Å²) >= 11 is 0. The Labute approximate surface area is 223 Å². The number of fused-ring (bicyclic) bond motifs is 3. The molecule has 9 nitrogen and oxygen atoms in total. The predicted molar refractivity (Wildman–Crippen MR) is 147 cm³/mol. The van der Waals surface area contributed by atoms with Crippen molar-refractivity contribution in [3.8, 4) is 0 Å². The van der Waals surface area contributed by atoms with Crippen LogP contribution in [-0.2, 0) is 14.1 Å². The number of aromatic amines is 1. The molecule has 5 rings (SSSR count). The molecular formula is C28H37BN4O5. The van der Waals surface area contributed by atoms with Crippen molar-refractivity contribution in [2.24, 2.45) is 5.92 Å². The standard InChI is InChI=1S/C28H37BN4O5/c1-15(2)22(32-26(35)36)25(34)33-16(3)8-13-21(33)24-30-20-12-9-17-14-18(10-11-19(17)23(20)31-24)29-37-27(4,5)28(6,7)38-29/h9-12,14-16,21-22,32H,8,13H2,1-7H3,(H,30,31)(H,35,36)/t16-,21-,22-/m0/s1. The van der Waals surface area contributed by atoms with Crippen LogP contribution in [0.1, 0.15) is 73.2 Å². The number of hydrogen-bond acceptors (Lipinski definition) is 5. The summed E-state index contributed by atoms with van der Waals surface area (Å²) in [4.78, 5) is 35.1.